The number of hydrogen-bond acceptors (Lipinski definition) is 3. The van der Waals surface area contributed by atoms with Gasteiger partial charge in [0.25, 0.3) is 5.91 Å². The first-order valence-corrected chi connectivity index (χ1v) is 8.24. The molecule has 0 aromatic carbocycles. The van der Waals surface area contributed by atoms with Crippen molar-refractivity contribution in [3.05, 3.63) is 17.7 Å². The lowest BCUT2D eigenvalue weighted by Crippen LogP contribution is -2.36. The summed E-state index contributed by atoms with van der Waals surface area (Å²) >= 11 is 1.97. The number of likely N-dealkylation sites (tertiary alicyclic amines) is 1. The van der Waals surface area contributed by atoms with Gasteiger partial charge in [-0.15, -0.1) is 0 Å². The maximum absolute atomic E-state index is 12.6. The largest absolute Gasteiger partial charge is 0.348 e. The van der Waals surface area contributed by atoms with Crippen molar-refractivity contribution in [2.24, 2.45) is 0 Å². The topological polar surface area (TPSA) is 49.0 Å². The summed E-state index contributed by atoms with van der Waals surface area (Å²) in [5.74, 6) is 1.22. The SMILES string of the molecule is CCSC1CCCCN(C(=O)c2nc[nH]c2CC)C1. The van der Waals surface area contributed by atoms with E-state index >= 15 is 0 Å². The Balaban J connectivity index is 2.08. The fourth-order valence-electron chi connectivity index (χ4n) is 2.58. The third kappa shape index (κ3) is 3.53. The zero-order chi connectivity index (χ0) is 13.7. The molecule has 4 nitrogen and oxygen atoms in total. The number of imidazole rings is 1. The molecule has 1 unspecified atom stereocenters. The summed E-state index contributed by atoms with van der Waals surface area (Å²) in [5, 5.41) is 0.584. The van der Waals surface area contributed by atoms with Crippen LogP contribution >= 0.6 is 11.8 Å². The average molecular weight is 281 g/mol. The van der Waals surface area contributed by atoms with Gasteiger partial charge in [0.2, 0.25) is 0 Å². The molecule has 1 atom stereocenters. The maximum Gasteiger partial charge on any atom is 0.274 e. The molecule has 0 spiro atoms. The van der Waals surface area contributed by atoms with Crippen LogP contribution in [0.1, 0.15) is 49.3 Å². The van der Waals surface area contributed by atoms with Crippen LogP contribution in [0, 0.1) is 0 Å². The van der Waals surface area contributed by atoms with Gasteiger partial charge in [-0.05, 0) is 25.0 Å². The van der Waals surface area contributed by atoms with Gasteiger partial charge in [0, 0.05) is 24.0 Å². The van der Waals surface area contributed by atoms with E-state index in [1.165, 1.54) is 12.8 Å². The summed E-state index contributed by atoms with van der Waals surface area (Å²) in [5.41, 5.74) is 1.57. The molecule has 0 saturated carbocycles. The molecule has 1 aromatic rings. The zero-order valence-electron chi connectivity index (χ0n) is 11.8. The van der Waals surface area contributed by atoms with E-state index in [1.54, 1.807) is 6.33 Å². The molecule has 0 radical (unpaired) electrons. The Morgan fingerprint density at radius 3 is 3.11 bits per heavy atom. The second-order valence-corrected chi connectivity index (χ2v) is 6.48. The van der Waals surface area contributed by atoms with Crippen LogP contribution in [0.15, 0.2) is 6.33 Å². The van der Waals surface area contributed by atoms with Gasteiger partial charge < -0.3 is 9.88 Å². The minimum atomic E-state index is 0.0988. The molecule has 19 heavy (non-hydrogen) atoms. The Morgan fingerprint density at radius 1 is 1.53 bits per heavy atom. The highest BCUT2D eigenvalue weighted by Crippen LogP contribution is 2.23. The monoisotopic (exact) mass is 281 g/mol. The van der Waals surface area contributed by atoms with Crippen LogP contribution in [0.4, 0.5) is 0 Å². The molecule has 2 rings (SSSR count). The lowest BCUT2D eigenvalue weighted by Gasteiger charge is -2.23. The molecule has 1 amide bonds. The summed E-state index contributed by atoms with van der Waals surface area (Å²) in [6, 6.07) is 0. The van der Waals surface area contributed by atoms with E-state index in [-0.39, 0.29) is 5.91 Å². The minimum Gasteiger partial charge on any atom is -0.348 e. The molecule has 1 fully saturated rings. The molecule has 1 aromatic heterocycles. The highest BCUT2D eigenvalue weighted by molar-refractivity contribution is 7.99. The van der Waals surface area contributed by atoms with Crippen molar-refractivity contribution in [3.8, 4) is 0 Å². The molecule has 0 bridgehead atoms. The predicted molar refractivity (Wildman–Crippen MR) is 79.6 cm³/mol. The smallest absolute Gasteiger partial charge is 0.274 e. The number of thioether (sulfide) groups is 1. The van der Waals surface area contributed by atoms with E-state index < -0.39 is 0 Å². The summed E-state index contributed by atoms with van der Waals surface area (Å²) in [7, 11) is 0. The zero-order valence-corrected chi connectivity index (χ0v) is 12.6. The molecule has 1 N–H and O–H groups in total. The van der Waals surface area contributed by atoms with Gasteiger partial charge in [0.1, 0.15) is 5.69 Å². The third-order valence-corrected chi connectivity index (χ3v) is 4.78. The quantitative estimate of drug-likeness (QED) is 0.923. The molecule has 1 aliphatic heterocycles. The van der Waals surface area contributed by atoms with E-state index in [0.717, 1.165) is 37.4 Å². The number of aryl methyl sites for hydroxylation is 1. The van der Waals surface area contributed by atoms with E-state index in [4.69, 9.17) is 0 Å². The number of aromatic nitrogens is 2. The van der Waals surface area contributed by atoms with Crippen molar-refractivity contribution in [1.29, 1.82) is 0 Å². The van der Waals surface area contributed by atoms with Crippen molar-refractivity contribution < 1.29 is 4.79 Å². The van der Waals surface area contributed by atoms with Crippen molar-refractivity contribution >= 4 is 17.7 Å². The second-order valence-electron chi connectivity index (χ2n) is 4.91. The van der Waals surface area contributed by atoms with Crippen LogP contribution < -0.4 is 0 Å². The summed E-state index contributed by atoms with van der Waals surface area (Å²) in [4.78, 5) is 21.8. The lowest BCUT2D eigenvalue weighted by atomic mass is 10.2. The van der Waals surface area contributed by atoms with Crippen LogP contribution in [0.25, 0.3) is 0 Å². The highest BCUT2D eigenvalue weighted by Gasteiger charge is 2.25. The number of carbonyl (C=O) groups excluding carboxylic acids is 1. The van der Waals surface area contributed by atoms with Crippen LogP contribution in [0.3, 0.4) is 0 Å². The van der Waals surface area contributed by atoms with E-state index in [2.05, 4.69) is 16.9 Å². The summed E-state index contributed by atoms with van der Waals surface area (Å²) in [6.07, 6.45) is 6.01. The molecular weight excluding hydrogens is 258 g/mol. The number of hydrogen-bond donors (Lipinski definition) is 1. The number of nitrogens with zero attached hydrogens (tertiary/aromatic N) is 2. The minimum absolute atomic E-state index is 0.0988. The number of amides is 1. The van der Waals surface area contributed by atoms with Gasteiger partial charge in [-0.3, -0.25) is 4.79 Å². The summed E-state index contributed by atoms with van der Waals surface area (Å²) in [6.45, 7) is 5.97. The standard InChI is InChI=1S/C14H23N3OS/c1-3-12-13(16-10-15-12)14(18)17-8-6-5-7-11(9-17)19-4-2/h10-11H,3-9H2,1-2H3,(H,15,16). The molecular formula is C14H23N3OS. The maximum atomic E-state index is 12.6. The summed E-state index contributed by atoms with van der Waals surface area (Å²) < 4.78 is 0. The fraction of sp³-hybridized carbons (Fsp3) is 0.714. The van der Waals surface area contributed by atoms with E-state index in [0.29, 0.717) is 10.9 Å². The van der Waals surface area contributed by atoms with E-state index in [1.807, 2.05) is 23.6 Å². The number of rotatable bonds is 4. The Hall–Kier alpha value is -0.970. The first-order chi connectivity index (χ1) is 9.26. The Kier molecular flexibility index (Phi) is 5.31. The number of nitrogens with one attached hydrogen (secondary N) is 1. The Labute approximate surface area is 119 Å². The lowest BCUT2D eigenvalue weighted by molar-refractivity contribution is 0.0757. The number of carbonyl (C=O) groups is 1. The second kappa shape index (κ2) is 6.98. The van der Waals surface area contributed by atoms with Gasteiger partial charge in [-0.1, -0.05) is 20.3 Å². The first kappa shape index (κ1) is 14.4. The van der Waals surface area contributed by atoms with Gasteiger partial charge >= 0.3 is 0 Å². The fourth-order valence-corrected chi connectivity index (χ4v) is 3.67. The Bertz CT molecular complexity index is 419. The van der Waals surface area contributed by atoms with Gasteiger partial charge in [-0.2, -0.15) is 11.8 Å². The molecule has 1 aliphatic rings. The van der Waals surface area contributed by atoms with E-state index in [9.17, 15) is 4.79 Å². The number of H-pyrrole nitrogens is 1. The molecule has 106 valence electrons. The highest BCUT2D eigenvalue weighted by atomic mass is 32.2. The first-order valence-electron chi connectivity index (χ1n) is 7.19. The van der Waals surface area contributed by atoms with Crippen LogP contribution in [0.2, 0.25) is 0 Å². The average Bonchev–Trinajstić information content (AvgIpc) is 2.77. The van der Waals surface area contributed by atoms with Crippen LogP contribution in [0.5, 0.6) is 0 Å². The third-order valence-electron chi connectivity index (χ3n) is 3.59. The van der Waals surface area contributed by atoms with Gasteiger partial charge in [0.05, 0.1) is 6.33 Å². The van der Waals surface area contributed by atoms with Crippen molar-refractivity contribution in [2.75, 3.05) is 18.8 Å². The molecule has 1 saturated heterocycles. The Morgan fingerprint density at radius 2 is 2.37 bits per heavy atom. The number of aromatic amines is 1. The van der Waals surface area contributed by atoms with Crippen molar-refractivity contribution in [3.63, 3.8) is 0 Å². The molecule has 2 heterocycles. The molecule has 0 aliphatic carbocycles. The van der Waals surface area contributed by atoms with Crippen molar-refractivity contribution in [1.82, 2.24) is 14.9 Å². The van der Waals surface area contributed by atoms with Crippen molar-refractivity contribution in [2.45, 2.75) is 44.8 Å². The van der Waals surface area contributed by atoms with Gasteiger partial charge in [-0.25, -0.2) is 4.98 Å². The predicted octanol–water partition coefficient (Wildman–Crippen LogP) is 2.72. The van der Waals surface area contributed by atoms with Crippen LogP contribution in [-0.4, -0.2) is 44.9 Å². The molecule has 5 heteroatoms. The normalized spacial score (nSPS) is 20.3. The van der Waals surface area contributed by atoms with Crippen LogP contribution in [-0.2, 0) is 6.42 Å². The van der Waals surface area contributed by atoms with Gasteiger partial charge in [0.15, 0.2) is 0 Å².